The Hall–Kier alpha value is -7.96. The molecule has 0 radical (unpaired) electrons. The topological polar surface area (TPSA) is 523 Å². The van der Waals surface area contributed by atoms with Crippen molar-refractivity contribution in [1.82, 2.24) is 69.1 Å². The zero-order valence-electron chi connectivity index (χ0n) is 55.4. The first kappa shape index (κ1) is 84.1. The van der Waals surface area contributed by atoms with Crippen molar-refractivity contribution >= 4 is 125 Å². The average Bonchev–Trinajstić information content (AvgIpc) is 0.983. The Morgan fingerprint density at radius 2 is 1.07 bits per heavy atom. The molecule has 21 N–H and O–H groups in total. The van der Waals surface area contributed by atoms with Gasteiger partial charge in [0.25, 0.3) is 0 Å². The fraction of sp³-hybridized carbons (Fsp3) is 0.650. The maximum atomic E-state index is 14.1. The van der Waals surface area contributed by atoms with Crippen molar-refractivity contribution in [3.63, 3.8) is 0 Å². The number of nitrogens with zero attached hydrogens (tertiary/aromatic N) is 2. The molecule has 33 nitrogen and oxygen atoms in total. The Balaban J connectivity index is 2.32. The van der Waals surface area contributed by atoms with Crippen molar-refractivity contribution in [3.05, 3.63) is 35.9 Å². The van der Waals surface area contributed by atoms with Crippen LogP contribution in [0, 0.1) is 11.3 Å². The smallest absolute Gasteiger partial charge is 0.305 e. The van der Waals surface area contributed by atoms with Crippen LogP contribution in [-0.4, -0.2) is 220 Å². The van der Waals surface area contributed by atoms with Gasteiger partial charge < -0.3 is 96.1 Å². The number of hydrogen-bond donors (Lipinski definition) is 21. The summed E-state index contributed by atoms with van der Waals surface area (Å²) in [5.41, 5.74) is 11.6. The van der Waals surface area contributed by atoms with Crippen LogP contribution in [0.3, 0.4) is 0 Å². The van der Waals surface area contributed by atoms with E-state index < -0.39 is 137 Å². The zero-order valence-corrected chi connectivity index (χ0v) is 58.0. The van der Waals surface area contributed by atoms with Gasteiger partial charge in [-0.2, -0.15) is 25.3 Å². The van der Waals surface area contributed by atoms with Crippen LogP contribution in [0.4, 0.5) is 0 Å². The van der Waals surface area contributed by atoms with Crippen molar-refractivity contribution < 1.29 is 73.1 Å². The Kier molecular flexibility index (Phi) is 39.2. The summed E-state index contributed by atoms with van der Waals surface area (Å²) in [5, 5.41) is 77.2. The first-order chi connectivity index (χ1) is 45.4. The lowest BCUT2D eigenvalue weighted by atomic mass is 9.94. The van der Waals surface area contributed by atoms with Crippen molar-refractivity contribution in [2.45, 2.75) is 178 Å². The molecule has 538 valence electrons. The number of amides is 11. The standard InChI is InChI=1S/C60H100N18O15S3/c1-35(77-92)59(3,4)68-26-21-37(22-27-69-60(5,6)36(2)78-93)20-25-65-47(80)19-12-18-46(79)64-23-11-10-16-40-53(87)74-43(31-94)56(90)72-39(17-13-24-66-58(62)63)52(86)67-30-48(81)71-42(29-50(83)84)55(89)75-44(32-95)57(91)73-41(28-38-14-8-7-9-15-38)54(88)76-45(51(61)85)33-96-34-49(82)70-40/h7-9,14-15,37,39-45,68-69,92-95H,10-13,16-34H2,1-6H3,(H2,61,85)(H,64,79)(H,65,80)(H,67,86)(H,70,82)(H,71,81)(H,72,90)(H,73,91)(H,74,87)(H,75,89)(H,76,88)(H,83,84)(H4,62,63,66)/b77-35-,78-36-/t39-,40-,41-,42-,43-,44-,45-/m0/s1. The van der Waals surface area contributed by atoms with Gasteiger partial charge in [0.05, 0.1) is 41.2 Å². The SMILES string of the molecule is C/C(=N/O)C(C)(C)NCCC(CCNC(=O)CCCC(=O)NCCCC[C@@H]1NC(=O)CSC[C@@H](C(N)=O)NC(=O)[C@H](Cc2ccccc2)NC(=O)[C@H](CS)NC(=O)[C@H](CC(=O)O)NC(=O)CNC(=O)[C@H](CCCNC(=N)N)NC(=O)[C@H](CS)NC1=O)CCNC(C)(C)/C(C)=N\O. The van der Waals surface area contributed by atoms with Crippen molar-refractivity contribution in [3.8, 4) is 0 Å². The first-order valence-electron chi connectivity index (χ1n) is 31.6. The summed E-state index contributed by atoms with van der Waals surface area (Å²) in [6, 6.07) is -2.13. The number of nitrogens with two attached hydrogens (primary N) is 2. The Morgan fingerprint density at radius 3 is 1.60 bits per heavy atom. The molecule has 1 aromatic carbocycles. The summed E-state index contributed by atoms with van der Waals surface area (Å²) in [7, 11) is 0. The number of carboxylic acid groups (broad SMARTS) is 1. The van der Waals surface area contributed by atoms with Crippen LogP contribution in [0.15, 0.2) is 40.6 Å². The Labute approximate surface area is 574 Å². The number of thioether (sulfide) groups is 1. The number of thiol groups is 2. The number of guanidine groups is 1. The van der Waals surface area contributed by atoms with Gasteiger partial charge in [-0.05, 0) is 124 Å². The quantitative estimate of drug-likeness (QED) is 0.00854. The molecule has 1 aliphatic rings. The minimum Gasteiger partial charge on any atom is -0.481 e. The number of benzene rings is 1. The predicted molar refractivity (Wildman–Crippen MR) is 367 cm³/mol. The second-order valence-corrected chi connectivity index (χ2v) is 25.8. The Bertz CT molecular complexity index is 2800. The average molecular weight is 1410 g/mol. The van der Waals surface area contributed by atoms with Gasteiger partial charge in [-0.1, -0.05) is 40.6 Å². The van der Waals surface area contributed by atoms with Crippen molar-refractivity contribution in [1.29, 1.82) is 5.41 Å². The lowest BCUT2D eigenvalue weighted by Crippen LogP contribution is -2.60. The fourth-order valence-electron chi connectivity index (χ4n) is 9.32. The third-order valence-corrected chi connectivity index (χ3v) is 17.5. The van der Waals surface area contributed by atoms with Gasteiger partial charge in [0.15, 0.2) is 5.96 Å². The molecule has 7 atom stereocenters. The van der Waals surface area contributed by atoms with E-state index in [1.54, 1.807) is 44.2 Å². The lowest BCUT2D eigenvalue weighted by Gasteiger charge is -2.28. The van der Waals surface area contributed by atoms with Crippen molar-refractivity contribution in [2.75, 3.05) is 62.3 Å². The van der Waals surface area contributed by atoms with Gasteiger partial charge in [0.2, 0.25) is 65.0 Å². The predicted octanol–water partition coefficient (Wildman–Crippen LogP) is -2.64. The van der Waals surface area contributed by atoms with Crippen LogP contribution in [0.2, 0.25) is 0 Å². The molecule has 0 aliphatic carbocycles. The van der Waals surface area contributed by atoms with E-state index in [0.29, 0.717) is 49.5 Å². The molecule has 0 spiro atoms. The van der Waals surface area contributed by atoms with E-state index in [-0.39, 0.29) is 99.7 Å². The van der Waals surface area contributed by atoms with E-state index >= 15 is 0 Å². The van der Waals surface area contributed by atoms with E-state index in [2.05, 4.69) is 105 Å². The van der Waals surface area contributed by atoms with E-state index in [1.165, 1.54) is 0 Å². The van der Waals surface area contributed by atoms with Crippen LogP contribution in [0.1, 0.15) is 124 Å². The molecule has 0 saturated carbocycles. The number of nitrogens with one attached hydrogen (secondary N) is 14. The number of oxime groups is 2. The molecule has 0 aromatic heterocycles. The molecule has 1 heterocycles. The molecule has 36 heteroatoms. The van der Waals surface area contributed by atoms with Crippen LogP contribution < -0.4 is 80.6 Å². The van der Waals surface area contributed by atoms with Crippen molar-refractivity contribution in [2.24, 2.45) is 27.7 Å². The molecule has 1 fully saturated rings. The van der Waals surface area contributed by atoms with Gasteiger partial charge in [0.1, 0.15) is 42.3 Å². The van der Waals surface area contributed by atoms with E-state index in [9.17, 15) is 73.1 Å². The monoisotopic (exact) mass is 1410 g/mol. The fourth-order valence-corrected chi connectivity index (χ4v) is 10.7. The van der Waals surface area contributed by atoms with Gasteiger partial charge >= 0.3 is 5.97 Å². The van der Waals surface area contributed by atoms with Crippen LogP contribution in [0.5, 0.6) is 0 Å². The number of carboxylic acids is 1. The highest BCUT2D eigenvalue weighted by Crippen LogP contribution is 2.17. The summed E-state index contributed by atoms with van der Waals surface area (Å²) in [6.45, 7) is 12.0. The highest BCUT2D eigenvalue weighted by atomic mass is 32.2. The van der Waals surface area contributed by atoms with Crippen LogP contribution in [-0.2, 0) is 64.0 Å². The molecule has 96 heavy (non-hydrogen) atoms. The molecule has 11 amide bonds. The third-order valence-electron chi connectivity index (χ3n) is 15.7. The number of unbranched alkanes of at least 4 members (excludes halogenated alkanes) is 1. The molecular weight excluding hydrogens is 1310 g/mol. The highest BCUT2D eigenvalue weighted by molar-refractivity contribution is 8.00. The second kappa shape index (κ2) is 44.7. The number of carbonyl (C=O) groups is 12. The molecular formula is C60H100N18O15S3. The summed E-state index contributed by atoms with van der Waals surface area (Å²) < 4.78 is 0. The number of rotatable bonds is 33. The lowest BCUT2D eigenvalue weighted by molar-refractivity contribution is -0.141. The van der Waals surface area contributed by atoms with E-state index in [0.717, 1.165) is 24.6 Å². The molecule has 0 bridgehead atoms. The largest absolute Gasteiger partial charge is 0.481 e. The van der Waals surface area contributed by atoms with Gasteiger partial charge in [0, 0.05) is 56.2 Å². The highest BCUT2D eigenvalue weighted by Gasteiger charge is 2.34. The maximum absolute atomic E-state index is 14.1. The van der Waals surface area contributed by atoms with E-state index in [4.69, 9.17) is 16.9 Å². The maximum Gasteiger partial charge on any atom is 0.305 e. The van der Waals surface area contributed by atoms with Gasteiger partial charge in [-0.3, -0.25) is 62.9 Å². The Morgan fingerprint density at radius 1 is 0.604 bits per heavy atom. The minimum atomic E-state index is -1.83. The second-order valence-electron chi connectivity index (χ2n) is 24.1. The molecule has 1 aliphatic heterocycles. The third kappa shape index (κ3) is 33.6. The van der Waals surface area contributed by atoms with Gasteiger partial charge in [-0.25, -0.2) is 0 Å². The normalized spacial score (nSPS) is 21.0. The molecule has 0 unspecified atom stereocenters. The van der Waals surface area contributed by atoms with E-state index in [1.807, 2.05) is 27.7 Å². The van der Waals surface area contributed by atoms with Gasteiger partial charge in [-0.15, -0.1) is 11.8 Å². The molecule has 1 saturated heterocycles. The zero-order chi connectivity index (χ0) is 72.0. The summed E-state index contributed by atoms with van der Waals surface area (Å²) in [4.78, 5) is 161. The summed E-state index contributed by atoms with van der Waals surface area (Å²) >= 11 is 9.30. The number of primary amides is 1. The summed E-state index contributed by atoms with van der Waals surface area (Å²) in [6.07, 6.45) is 1.80. The first-order valence-corrected chi connectivity index (χ1v) is 34.0. The van der Waals surface area contributed by atoms with Crippen LogP contribution >= 0.6 is 37.0 Å². The number of aliphatic carboxylic acids is 1. The van der Waals surface area contributed by atoms with Crippen LogP contribution in [0.25, 0.3) is 0 Å². The summed E-state index contributed by atoms with van der Waals surface area (Å²) in [5.74, 6) is -12.4. The number of hydrogen-bond acceptors (Lipinski definition) is 22. The number of carbonyl (C=O) groups excluding carboxylic acids is 11. The molecule has 1 aromatic rings. The minimum absolute atomic E-state index is 0.0298. The molecule has 2 rings (SSSR count).